The highest BCUT2D eigenvalue weighted by molar-refractivity contribution is 5.95. The zero-order chi connectivity index (χ0) is 16.0. The number of hydrogen-bond donors (Lipinski definition) is 4. The summed E-state index contributed by atoms with van der Waals surface area (Å²) in [6.07, 6.45) is 0. The van der Waals surface area contributed by atoms with E-state index in [-0.39, 0.29) is 11.5 Å². The molecule has 0 bridgehead atoms. The Hall–Kier alpha value is -2.57. The number of aryl methyl sites for hydroxylation is 1. The minimum Gasteiger partial charge on any atom is -0.478 e. The number of anilines is 1. The molecular weight excluding hydrogens is 274 g/mol. The summed E-state index contributed by atoms with van der Waals surface area (Å²) in [5.41, 5.74) is 1.17. The fraction of sp³-hybridized carbons (Fsp3) is 0.357. The normalized spacial score (nSPS) is 11.4. The second kappa shape index (κ2) is 7.28. The first-order valence-corrected chi connectivity index (χ1v) is 6.54. The van der Waals surface area contributed by atoms with Crippen molar-refractivity contribution in [2.75, 3.05) is 11.9 Å². The SMILES string of the molecule is CCNC(=O)C(C)NC(=O)Nc1ccc(C(=O)O)c(C)c1. The average molecular weight is 293 g/mol. The lowest BCUT2D eigenvalue weighted by Crippen LogP contribution is -2.46. The molecule has 0 aromatic heterocycles. The van der Waals surface area contributed by atoms with Gasteiger partial charge < -0.3 is 21.1 Å². The number of likely N-dealkylation sites (N-methyl/N-ethyl adjacent to an activating group) is 1. The number of urea groups is 1. The van der Waals surface area contributed by atoms with Crippen LogP contribution in [0.5, 0.6) is 0 Å². The maximum absolute atomic E-state index is 11.7. The second-order valence-electron chi connectivity index (χ2n) is 4.55. The first-order chi connectivity index (χ1) is 9.85. The van der Waals surface area contributed by atoms with Gasteiger partial charge in [-0.3, -0.25) is 4.79 Å². The fourth-order valence-electron chi connectivity index (χ4n) is 1.74. The molecule has 7 heteroatoms. The summed E-state index contributed by atoms with van der Waals surface area (Å²) in [6.45, 7) is 5.49. The molecule has 3 amide bonds. The number of carbonyl (C=O) groups is 3. The van der Waals surface area contributed by atoms with Gasteiger partial charge in [0, 0.05) is 12.2 Å². The van der Waals surface area contributed by atoms with E-state index in [2.05, 4.69) is 16.0 Å². The monoisotopic (exact) mass is 293 g/mol. The molecule has 1 unspecified atom stereocenters. The lowest BCUT2D eigenvalue weighted by atomic mass is 10.1. The number of aromatic carboxylic acids is 1. The fourth-order valence-corrected chi connectivity index (χ4v) is 1.74. The average Bonchev–Trinajstić information content (AvgIpc) is 2.38. The van der Waals surface area contributed by atoms with Crippen LogP contribution in [-0.2, 0) is 4.79 Å². The van der Waals surface area contributed by atoms with E-state index in [0.717, 1.165) is 0 Å². The zero-order valence-corrected chi connectivity index (χ0v) is 12.2. The van der Waals surface area contributed by atoms with Crippen LogP contribution in [0.1, 0.15) is 29.8 Å². The van der Waals surface area contributed by atoms with Crippen LogP contribution >= 0.6 is 0 Å². The molecular formula is C14H19N3O4. The van der Waals surface area contributed by atoms with Gasteiger partial charge in [0.05, 0.1) is 5.56 Å². The number of carboxylic acids is 1. The van der Waals surface area contributed by atoms with Crippen molar-refractivity contribution in [1.29, 1.82) is 0 Å². The largest absolute Gasteiger partial charge is 0.478 e. The third-order valence-electron chi connectivity index (χ3n) is 2.81. The third-order valence-corrected chi connectivity index (χ3v) is 2.81. The molecule has 114 valence electrons. The summed E-state index contributed by atoms with van der Waals surface area (Å²) < 4.78 is 0. The number of amides is 3. The van der Waals surface area contributed by atoms with Crippen molar-refractivity contribution in [2.24, 2.45) is 0 Å². The Bertz CT molecular complexity index is 557. The lowest BCUT2D eigenvalue weighted by molar-refractivity contribution is -0.122. The van der Waals surface area contributed by atoms with E-state index in [4.69, 9.17) is 5.11 Å². The van der Waals surface area contributed by atoms with Crippen molar-refractivity contribution in [1.82, 2.24) is 10.6 Å². The van der Waals surface area contributed by atoms with Gasteiger partial charge in [0.25, 0.3) is 0 Å². The Kier molecular flexibility index (Phi) is 5.71. The molecule has 0 aliphatic carbocycles. The van der Waals surface area contributed by atoms with E-state index in [1.54, 1.807) is 26.8 Å². The van der Waals surface area contributed by atoms with Crippen LogP contribution in [0, 0.1) is 6.92 Å². The molecule has 1 aromatic carbocycles. The number of carbonyl (C=O) groups excluding carboxylic acids is 2. The Morgan fingerprint density at radius 1 is 1.29 bits per heavy atom. The first-order valence-electron chi connectivity index (χ1n) is 6.54. The summed E-state index contributed by atoms with van der Waals surface area (Å²) in [5.74, 6) is -1.29. The van der Waals surface area contributed by atoms with Crippen LogP contribution < -0.4 is 16.0 Å². The van der Waals surface area contributed by atoms with Gasteiger partial charge >= 0.3 is 12.0 Å². The van der Waals surface area contributed by atoms with Crippen LogP contribution in [0.15, 0.2) is 18.2 Å². The Morgan fingerprint density at radius 2 is 1.95 bits per heavy atom. The van der Waals surface area contributed by atoms with E-state index in [1.807, 2.05) is 0 Å². The van der Waals surface area contributed by atoms with Crippen LogP contribution in [0.2, 0.25) is 0 Å². The van der Waals surface area contributed by atoms with Crippen LogP contribution in [-0.4, -0.2) is 35.6 Å². The molecule has 0 radical (unpaired) electrons. The van der Waals surface area contributed by atoms with Crippen molar-refractivity contribution in [3.05, 3.63) is 29.3 Å². The molecule has 0 saturated carbocycles. The van der Waals surface area contributed by atoms with Crippen molar-refractivity contribution >= 4 is 23.6 Å². The predicted octanol–water partition coefficient (Wildman–Crippen LogP) is 1.34. The highest BCUT2D eigenvalue weighted by Gasteiger charge is 2.15. The molecule has 1 atom stereocenters. The minimum atomic E-state index is -1.02. The molecule has 0 aliphatic heterocycles. The molecule has 0 heterocycles. The van der Waals surface area contributed by atoms with Gasteiger partial charge in [0.15, 0.2) is 0 Å². The van der Waals surface area contributed by atoms with Gasteiger partial charge in [-0.1, -0.05) is 0 Å². The van der Waals surface area contributed by atoms with Gasteiger partial charge in [-0.05, 0) is 44.5 Å². The van der Waals surface area contributed by atoms with Crippen LogP contribution in [0.25, 0.3) is 0 Å². The van der Waals surface area contributed by atoms with Gasteiger partial charge in [-0.2, -0.15) is 0 Å². The van der Waals surface area contributed by atoms with E-state index >= 15 is 0 Å². The highest BCUT2D eigenvalue weighted by atomic mass is 16.4. The molecule has 1 aromatic rings. The van der Waals surface area contributed by atoms with E-state index in [0.29, 0.717) is 17.8 Å². The lowest BCUT2D eigenvalue weighted by Gasteiger charge is -2.14. The van der Waals surface area contributed by atoms with E-state index < -0.39 is 18.0 Å². The maximum atomic E-state index is 11.7. The summed E-state index contributed by atoms with van der Waals surface area (Å²) in [6, 6.07) is 3.27. The van der Waals surface area contributed by atoms with Gasteiger partial charge in [0.2, 0.25) is 5.91 Å². The molecule has 0 aliphatic rings. The Labute approximate surface area is 122 Å². The Morgan fingerprint density at radius 3 is 2.48 bits per heavy atom. The Balaban J connectivity index is 2.65. The van der Waals surface area contributed by atoms with E-state index in [9.17, 15) is 14.4 Å². The van der Waals surface area contributed by atoms with Crippen molar-refractivity contribution in [2.45, 2.75) is 26.8 Å². The summed E-state index contributed by atoms with van der Waals surface area (Å²) in [4.78, 5) is 34.1. The molecule has 1 rings (SSSR count). The summed E-state index contributed by atoms with van der Waals surface area (Å²) >= 11 is 0. The second-order valence-corrected chi connectivity index (χ2v) is 4.55. The number of benzene rings is 1. The number of carboxylic acid groups (broad SMARTS) is 1. The first kappa shape index (κ1) is 16.5. The summed E-state index contributed by atoms with van der Waals surface area (Å²) in [7, 11) is 0. The van der Waals surface area contributed by atoms with Crippen molar-refractivity contribution in [3.8, 4) is 0 Å². The highest BCUT2D eigenvalue weighted by Crippen LogP contribution is 2.15. The maximum Gasteiger partial charge on any atom is 0.335 e. The predicted molar refractivity (Wildman–Crippen MR) is 78.4 cm³/mol. The molecule has 21 heavy (non-hydrogen) atoms. The quantitative estimate of drug-likeness (QED) is 0.657. The minimum absolute atomic E-state index is 0.177. The zero-order valence-electron chi connectivity index (χ0n) is 12.2. The molecule has 0 spiro atoms. The smallest absolute Gasteiger partial charge is 0.335 e. The van der Waals surface area contributed by atoms with E-state index in [1.165, 1.54) is 12.1 Å². The molecule has 7 nitrogen and oxygen atoms in total. The van der Waals surface area contributed by atoms with Crippen molar-refractivity contribution in [3.63, 3.8) is 0 Å². The van der Waals surface area contributed by atoms with Crippen LogP contribution in [0.3, 0.4) is 0 Å². The standard InChI is InChI=1S/C14H19N3O4/c1-4-15-12(18)9(3)16-14(21)17-10-5-6-11(13(19)20)8(2)7-10/h5-7,9H,4H2,1-3H3,(H,15,18)(H,19,20)(H2,16,17,21). The van der Waals surface area contributed by atoms with Gasteiger partial charge in [-0.25, -0.2) is 9.59 Å². The topological polar surface area (TPSA) is 108 Å². The molecule has 0 fully saturated rings. The molecule has 4 N–H and O–H groups in total. The van der Waals surface area contributed by atoms with Crippen molar-refractivity contribution < 1.29 is 19.5 Å². The van der Waals surface area contributed by atoms with Gasteiger partial charge in [0.1, 0.15) is 6.04 Å². The number of hydrogen-bond acceptors (Lipinski definition) is 3. The third kappa shape index (κ3) is 4.79. The summed E-state index contributed by atoms with van der Waals surface area (Å²) in [5, 5.41) is 16.6. The number of nitrogens with one attached hydrogen (secondary N) is 3. The van der Waals surface area contributed by atoms with Gasteiger partial charge in [-0.15, -0.1) is 0 Å². The number of rotatable bonds is 5. The molecule has 0 saturated heterocycles. The van der Waals surface area contributed by atoms with Crippen LogP contribution in [0.4, 0.5) is 10.5 Å².